The number of fused-ring (bicyclic) bond motifs is 1. The van der Waals surface area contributed by atoms with Crippen molar-refractivity contribution in [3.8, 4) is 0 Å². The Morgan fingerprint density at radius 3 is 1.82 bits per heavy atom. The summed E-state index contributed by atoms with van der Waals surface area (Å²) in [5.74, 6) is 1.54. The van der Waals surface area contributed by atoms with Crippen molar-refractivity contribution in [1.82, 2.24) is 15.0 Å². The van der Waals surface area contributed by atoms with E-state index in [-0.39, 0.29) is 0 Å². The van der Waals surface area contributed by atoms with Crippen LogP contribution in [0.1, 0.15) is 53.3 Å². The first-order valence-corrected chi connectivity index (χ1v) is 8.07. The van der Waals surface area contributed by atoms with Crippen molar-refractivity contribution in [2.75, 3.05) is 0 Å². The van der Waals surface area contributed by atoms with E-state index in [1.54, 1.807) is 12.4 Å². The van der Waals surface area contributed by atoms with Crippen LogP contribution in [0.2, 0.25) is 0 Å². The highest BCUT2D eigenvalue weighted by Gasteiger charge is 2.04. The molecule has 3 nitrogen and oxygen atoms in total. The maximum Gasteiger partial charge on any atom is 0.109 e. The molecule has 3 aromatic rings. The number of nitrogens with one attached hydrogen (secondary N) is 1. The van der Waals surface area contributed by atoms with Crippen molar-refractivity contribution < 1.29 is 0 Å². The molecule has 0 aliphatic carbocycles. The molecule has 0 radical (unpaired) electrons. The lowest BCUT2D eigenvalue weighted by Crippen LogP contribution is -1.88. The predicted octanol–water partition coefficient (Wildman–Crippen LogP) is 5.82. The molecule has 120 valence electrons. The molecule has 22 heavy (non-hydrogen) atoms. The molecule has 0 spiro atoms. The van der Waals surface area contributed by atoms with Gasteiger partial charge in [-0.15, -0.1) is 0 Å². The number of para-hydroxylation sites is 2. The number of aromatic amines is 1. The van der Waals surface area contributed by atoms with Gasteiger partial charge in [0.1, 0.15) is 5.82 Å². The Morgan fingerprint density at radius 2 is 1.41 bits per heavy atom. The Hall–Kier alpha value is -2.16. The number of rotatable bonds is 1. The molecule has 3 rings (SSSR count). The van der Waals surface area contributed by atoms with Crippen LogP contribution in [0.5, 0.6) is 0 Å². The van der Waals surface area contributed by atoms with Gasteiger partial charge < -0.3 is 4.98 Å². The maximum absolute atomic E-state index is 4.46. The van der Waals surface area contributed by atoms with Crippen LogP contribution in [0, 0.1) is 0 Å². The van der Waals surface area contributed by atoms with E-state index < -0.39 is 0 Å². The summed E-state index contributed by atoms with van der Waals surface area (Å²) < 4.78 is 0. The summed E-state index contributed by atoms with van der Waals surface area (Å²) in [6.07, 6.45) is 3.50. The third kappa shape index (κ3) is 7.02. The van der Waals surface area contributed by atoms with E-state index in [1.807, 2.05) is 70.2 Å². The zero-order valence-corrected chi connectivity index (χ0v) is 14.7. The second-order valence-electron chi connectivity index (χ2n) is 4.32. The molecule has 0 atom stereocenters. The van der Waals surface area contributed by atoms with Crippen molar-refractivity contribution in [2.45, 2.75) is 47.5 Å². The zero-order valence-electron chi connectivity index (χ0n) is 14.7. The topological polar surface area (TPSA) is 41.6 Å². The molecule has 2 aromatic heterocycles. The largest absolute Gasteiger partial charge is 0.342 e. The minimum Gasteiger partial charge on any atom is -0.342 e. The van der Waals surface area contributed by atoms with Crippen LogP contribution >= 0.6 is 0 Å². The third-order valence-electron chi connectivity index (χ3n) is 2.52. The van der Waals surface area contributed by atoms with E-state index in [0.717, 1.165) is 16.9 Å². The molecule has 3 heteroatoms. The first kappa shape index (κ1) is 19.8. The van der Waals surface area contributed by atoms with Gasteiger partial charge in [0.05, 0.1) is 11.0 Å². The third-order valence-corrected chi connectivity index (χ3v) is 2.52. The molecule has 0 saturated heterocycles. The van der Waals surface area contributed by atoms with Gasteiger partial charge in [0.2, 0.25) is 0 Å². The van der Waals surface area contributed by atoms with Crippen molar-refractivity contribution in [1.29, 1.82) is 0 Å². The minimum atomic E-state index is 0.470. The van der Waals surface area contributed by atoms with Gasteiger partial charge in [-0.1, -0.05) is 59.7 Å². The van der Waals surface area contributed by atoms with Crippen molar-refractivity contribution in [2.24, 2.45) is 0 Å². The number of H-pyrrole nitrogens is 1. The van der Waals surface area contributed by atoms with Gasteiger partial charge in [0.25, 0.3) is 0 Å². The normalized spacial score (nSPS) is 8.86. The Morgan fingerprint density at radius 1 is 0.818 bits per heavy atom. The molecular weight excluding hydrogens is 270 g/mol. The van der Waals surface area contributed by atoms with Crippen LogP contribution < -0.4 is 0 Å². The van der Waals surface area contributed by atoms with E-state index in [4.69, 9.17) is 0 Å². The maximum atomic E-state index is 4.46. The van der Waals surface area contributed by atoms with Gasteiger partial charge in [-0.25, -0.2) is 4.98 Å². The Balaban J connectivity index is 0.000000373. The Bertz CT molecular complexity index is 526. The predicted molar refractivity (Wildman–Crippen MR) is 97.1 cm³/mol. The van der Waals surface area contributed by atoms with Crippen LogP contribution in [-0.4, -0.2) is 15.0 Å². The smallest absolute Gasteiger partial charge is 0.109 e. The van der Waals surface area contributed by atoms with E-state index in [9.17, 15) is 0 Å². The SMILES string of the molecule is CC.CC.CC(C)c1nc2ccccc2[nH]1.c1ccncc1. The first-order valence-electron chi connectivity index (χ1n) is 8.07. The lowest BCUT2D eigenvalue weighted by atomic mass is 10.2. The molecule has 0 saturated carbocycles. The fourth-order valence-corrected chi connectivity index (χ4v) is 1.56. The van der Waals surface area contributed by atoms with Crippen LogP contribution in [0.3, 0.4) is 0 Å². The van der Waals surface area contributed by atoms with Gasteiger partial charge in [-0.2, -0.15) is 0 Å². The highest BCUT2D eigenvalue weighted by atomic mass is 14.9. The quantitative estimate of drug-likeness (QED) is 0.615. The van der Waals surface area contributed by atoms with E-state index in [1.165, 1.54) is 0 Å². The van der Waals surface area contributed by atoms with Crippen molar-refractivity contribution in [3.05, 3.63) is 60.7 Å². The summed E-state index contributed by atoms with van der Waals surface area (Å²) >= 11 is 0. The van der Waals surface area contributed by atoms with Crippen molar-refractivity contribution in [3.63, 3.8) is 0 Å². The second-order valence-corrected chi connectivity index (χ2v) is 4.32. The standard InChI is InChI=1S/C10H12N2.C5H5N.2C2H6/c1-7(2)10-11-8-5-3-4-6-9(8)12-10;1-2-4-6-5-3-1;2*1-2/h3-7H,1-2H3,(H,11,12);1-5H;2*1-2H3. The Labute approximate surface area is 134 Å². The van der Waals surface area contributed by atoms with Gasteiger partial charge in [-0.3, -0.25) is 4.98 Å². The summed E-state index contributed by atoms with van der Waals surface area (Å²) in [6, 6.07) is 13.8. The molecular formula is C19H29N3. The number of hydrogen-bond donors (Lipinski definition) is 1. The van der Waals surface area contributed by atoms with Crippen LogP contribution in [0.4, 0.5) is 0 Å². The van der Waals surface area contributed by atoms with Crippen LogP contribution in [0.25, 0.3) is 11.0 Å². The average Bonchev–Trinajstić information content (AvgIpc) is 3.05. The number of hydrogen-bond acceptors (Lipinski definition) is 2. The second kappa shape index (κ2) is 12.6. The lowest BCUT2D eigenvalue weighted by molar-refractivity contribution is 0.799. The fraction of sp³-hybridized carbons (Fsp3) is 0.368. The van der Waals surface area contributed by atoms with E-state index >= 15 is 0 Å². The van der Waals surface area contributed by atoms with Gasteiger partial charge in [0.15, 0.2) is 0 Å². The minimum absolute atomic E-state index is 0.470. The molecule has 0 aliphatic rings. The van der Waals surface area contributed by atoms with Crippen molar-refractivity contribution >= 4 is 11.0 Å². The summed E-state index contributed by atoms with van der Waals surface area (Å²) in [5, 5.41) is 0. The van der Waals surface area contributed by atoms with Crippen LogP contribution in [0.15, 0.2) is 54.9 Å². The molecule has 0 aliphatic heterocycles. The number of imidazole rings is 1. The zero-order chi connectivity index (χ0) is 16.8. The highest BCUT2D eigenvalue weighted by molar-refractivity contribution is 5.74. The summed E-state index contributed by atoms with van der Waals surface area (Å²) in [4.78, 5) is 11.5. The molecule has 1 aromatic carbocycles. The Kier molecular flexibility index (Phi) is 11.3. The van der Waals surface area contributed by atoms with Crippen LogP contribution in [-0.2, 0) is 0 Å². The monoisotopic (exact) mass is 299 g/mol. The number of aromatic nitrogens is 3. The van der Waals surface area contributed by atoms with Gasteiger partial charge in [-0.05, 0) is 24.3 Å². The van der Waals surface area contributed by atoms with E-state index in [2.05, 4.69) is 28.8 Å². The molecule has 0 amide bonds. The molecule has 1 N–H and O–H groups in total. The highest BCUT2D eigenvalue weighted by Crippen LogP contribution is 2.15. The first-order chi connectivity index (χ1) is 10.8. The molecule has 0 unspecified atom stereocenters. The summed E-state index contributed by atoms with van der Waals surface area (Å²) in [7, 11) is 0. The average molecular weight is 299 g/mol. The molecule has 0 bridgehead atoms. The van der Waals surface area contributed by atoms with Gasteiger partial charge >= 0.3 is 0 Å². The molecule has 0 fully saturated rings. The summed E-state index contributed by atoms with van der Waals surface area (Å²) in [6.45, 7) is 12.3. The number of pyridine rings is 1. The fourth-order valence-electron chi connectivity index (χ4n) is 1.56. The number of nitrogens with zero attached hydrogens (tertiary/aromatic N) is 2. The van der Waals surface area contributed by atoms with Gasteiger partial charge in [0, 0.05) is 18.3 Å². The molecule has 2 heterocycles. The summed E-state index contributed by atoms with van der Waals surface area (Å²) in [5.41, 5.74) is 2.18. The van der Waals surface area contributed by atoms with E-state index in [0.29, 0.717) is 5.92 Å². The lowest BCUT2D eigenvalue weighted by Gasteiger charge is -1.95. The number of benzene rings is 1.